The molecule has 18 heavy (non-hydrogen) atoms. The molecule has 1 amide bonds. The minimum absolute atomic E-state index is 0.0358. The molecule has 0 saturated carbocycles. The van der Waals surface area contributed by atoms with Gasteiger partial charge in [-0.15, -0.1) is 0 Å². The van der Waals surface area contributed by atoms with E-state index in [0.717, 1.165) is 30.8 Å². The fourth-order valence-electron chi connectivity index (χ4n) is 1.46. The highest BCUT2D eigenvalue weighted by atomic mass is 16.5. The Bertz CT molecular complexity index is 378. The molecule has 1 aromatic rings. The third-order valence-corrected chi connectivity index (χ3v) is 2.56. The second kappa shape index (κ2) is 7.71. The summed E-state index contributed by atoms with van der Waals surface area (Å²) in [6, 6.07) is 7.80. The van der Waals surface area contributed by atoms with Gasteiger partial charge in [0.05, 0.1) is 0 Å². The van der Waals surface area contributed by atoms with Crippen LogP contribution in [0, 0.1) is 0 Å². The summed E-state index contributed by atoms with van der Waals surface area (Å²) in [6.45, 7) is 3.95. The summed E-state index contributed by atoms with van der Waals surface area (Å²) in [5.41, 5.74) is 1.08. The van der Waals surface area contributed by atoms with Crippen molar-refractivity contribution in [2.24, 2.45) is 0 Å². The quantitative estimate of drug-likeness (QED) is 0.748. The molecule has 0 aromatic heterocycles. The van der Waals surface area contributed by atoms with Crippen LogP contribution in [-0.4, -0.2) is 38.1 Å². The lowest BCUT2D eigenvalue weighted by Gasteiger charge is -2.14. The summed E-state index contributed by atoms with van der Waals surface area (Å²) < 4.78 is 5.56. The molecule has 0 fully saturated rings. The van der Waals surface area contributed by atoms with Crippen LogP contribution in [0.25, 0.3) is 0 Å². The molecule has 1 rings (SSSR count). The summed E-state index contributed by atoms with van der Waals surface area (Å²) in [7, 11) is 3.45. The van der Waals surface area contributed by atoms with Gasteiger partial charge in [0.1, 0.15) is 5.75 Å². The van der Waals surface area contributed by atoms with Crippen LogP contribution in [0.4, 0.5) is 0 Å². The fraction of sp³-hybridized carbons (Fsp3) is 0.500. The third-order valence-electron chi connectivity index (χ3n) is 2.56. The van der Waals surface area contributed by atoms with Crippen molar-refractivity contribution >= 4 is 5.91 Å². The number of benzene rings is 1. The fourth-order valence-corrected chi connectivity index (χ4v) is 1.46. The highest BCUT2D eigenvalue weighted by Gasteiger charge is 2.07. The number of nitrogens with one attached hydrogen (secondary N) is 1. The molecular weight excluding hydrogens is 228 g/mol. The van der Waals surface area contributed by atoms with Crippen molar-refractivity contribution < 1.29 is 9.53 Å². The molecule has 0 unspecified atom stereocenters. The number of likely N-dealkylation sites (N-methyl/N-ethyl adjacent to an activating group) is 1. The first-order valence-electron chi connectivity index (χ1n) is 6.26. The Morgan fingerprint density at radius 3 is 2.72 bits per heavy atom. The number of rotatable bonds is 7. The zero-order valence-electron chi connectivity index (χ0n) is 11.4. The van der Waals surface area contributed by atoms with Crippen LogP contribution in [0.1, 0.15) is 18.9 Å². The van der Waals surface area contributed by atoms with E-state index in [1.807, 2.05) is 24.3 Å². The zero-order valence-corrected chi connectivity index (χ0v) is 11.4. The average Bonchev–Trinajstić information content (AvgIpc) is 2.37. The number of amides is 1. The summed E-state index contributed by atoms with van der Waals surface area (Å²) >= 11 is 0. The van der Waals surface area contributed by atoms with Gasteiger partial charge >= 0.3 is 0 Å². The van der Waals surface area contributed by atoms with E-state index in [2.05, 4.69) is 12.2 Å². The van der Waals surface area contributed by atoms with Gasteiger partial charge < -0.3 is 15.0 Å². The molecule has 0 aliphatic rings. The Balaban J connectivity index is 2.56. The summed E-state index contributed by atoms with van der Waals surface area (Å²) in [5.74, 6) is 0.739. The molecule has 0 aliphatic heterocycles. The number of hydrogen-bond acceptors (Lipinski definition) is 3. The molecule has 1 N–H and O–H groups in total. The van der Waals surface area contributed by atoms with Crippen molar-refractivity contribution in [2.45, 2.75) is 19.9 Å². The average molecular weight is 250 g/mol. The van der Waals surface area contributed by atoms with Gasteiger partial charge in [-0.05, 0) is 19.0 Å². The van der Waals surface area contributed by atoms with Crippen molar-refractivity contribution in [3.63, 3.8) is 0 Å². The molecule has 0 heterocycles. The molecule has 0 radical (unpaired) electrons. The summed E-state index contributed by atoms with van der Waals surface area (Å²) in [6.07, 6.45) is 1.10. The van der Waals surface area contributed by atoms with Crippen LogP contribution < -0.4 is 10.1 Å². The van der Waals surface area contributed by atoms with Crippen molar-refractivity contribution in [1.29, 1.82) is 0 Å². The maximum atomic E-state index is 11.5. The van der Waals surface area contributed by atoms with E-state index in [-0.39, 0.29) is 12.5 Å². The monoisotopic (exact) mass is 250 g/mol. The Hall–Kier alpha value is -1.55. The first-order valence-corrected chi connectivity index (χ1v) is 6.26. The van der Waals surface area contributed by atoms with E-state index < -0.39 is 0 Å². The minimum Gasteiger partial charge on any atom is -0.483 e. The smallest absolute Gasteiger partial charge is 0.259 e. The zero-order chi connectivity index (χ0) is 13.4. The van der Waals surface area contributed by atoms with Crippen LogP contribution in [-0.2, 0) is 11.3 Å². The van der Waals surface area contributed by atoms with Gasteiger partial charge in [0.25, 0.3) is 5.91 Å². The number of carbonyl (C=O) groups is 1. The van der Waals surface area contributed by atoms with Crippen LogP contribution >= 0.6 is 0 Å². The molecule has 4 heteroatoms. The van der Waals surface area contributed by atoms with Crippen LogP contribution in [0.5, 0.6) is 5.75 Å². The number of ether oxygens (including phenoxy) is 1. The maximum absolute atomic E-state index is 11.5. The molecule has 0 bridgehead atoms. The first-order chi connectivity index (χ1) is 8.65. The van der Waals surface area contributed by atoms with Crippen molar-refractivity contribution in [3.05, 3.63) is 29.8 Å². The Labute approximate surface area is 109 Å². The van der Waals surface area contributed by atoms with Crippen LogP contribution in [0.2, 0.25) is 0 Å². The number of hydrogen-bond donors (Lipinski definition) is 1. The van der Waals surface area contributed by atoms with Gasteiger partial charge in [-0.3, -0.25) is 4.79 Å². The van der Waals surface area contributed by atoms with Gasteiger partial charge in [-0.1, -0.05) is 25.1 Å². The molecule has 0 spiro atoms. The SMILES string of the molecule is CCCNCc1ccccc1OCC(=O)N(C)C. The number of para-hydroxylation sites is 1. The third kappa shape index (κ3) is 4.75. The van der Waals surface area contributed by atoms with E-state index in [1.165, 1.54) is 4.90 Å². The van der Waals surface area contributed by atoms with E-state index in [0.29, 0.717) is 0 Å². The van der Waals surface area contributed by atoms with E-state index in [4.69, 9.17) is 4.74 Å². The van der Waals surface area contributed by atoms with E-state index >= 15 is 0 Å². The van der Waals surface area contributed by atoms with Gasteiger partial charge in [0.15, 0.2) is 6.61 Å². The molecule has 0 aliphatic carbocycles. The van der Waals surface area contributed by atoms with Crippen molar-refractivity contribution in [1.82, 2.24) is 10.2 Å². The predicted molar refractivity (Wildman–Crippen MR) is 72.6 cm³/mol. The molecular formula is C14H22N2O2. The predicted octanol–water partition coefficient (Wildman–Crippen LogP) is 1.65. The van der Waals surface area contributed by atoms with Gasteiger partial charge in [-0.2, -0.15) is 0 Å². The molecule has 4 nitrogen and oxygen atoms in total. The lowest BCUT2D eigenvalue weighted by atomic mass is 10.2. The molecule has 0 saturated heterocycles. The minimum atomic E-state index is -0.0358. The maximum Gasteiger partial charge on any atom is 0.259 e. The highest BCUT2D eigenvalue weighted by Crippen LogP contribution is 2.17. The van der Waals surface area contributed by atoms with Crippen LogP contribution in [0.3, 0.4) is 0 Å². The van der Waals surface area contributed by atoms with Crippen molar-refractivity contribution in [2.75, 3.05) is 27.2 Å². The van der Waals surface area contributed by atoms with Gasteiger partial charge in [0, 0.05) is 26.2 Å². The highest BCUT2D eigenvalue weighted by molar-refractivity contribution is 5.77. The first kappa shape index (κ1) is 14.5. The molecule has 1 aromatic carbocycles. The molecule has 100 valence electrons. The second-order valence-corrected chi connectivity index (χ2v) is 4.36. The van der Waals surface area contributed by atoms with E-state index in [9.17, 15) is 4.79 Å². The van der Waals surface area contributed by atoms with Crippen molar-refractivity contribution in [3.8, 4) is 5.75 Å². The number of nitrogens with zero attached hydrogens (tertiary/aromatic N) is 1. The Morgan fingerprint density at radius 1 is 1.33 bits per heavy atom. The number of carbonyl (C=O) groups excluding carboxylic acids is 1. The van der Waals surface area contributed by atoms with E-state index in [1.54, 1.807) is 14.1 Å². The normalized spacial score (nSPS) is 10.2. The van der Waals surface area contributed by atoms with Gasteiger partial charge in [-0.25, -0.2) is 0 Å². The standard InChI is InChI=1S/C14H22N2O2/c1-4-9-15-10-12-7-5-6-8-13(12)18-11-14(17)16(2)3/h5-8,15H,4,9-11H2,1-3H3. The summed E-state index contributed by atoms with van der Waals surface area (Å²) in [4.78, 5) is 13.0. The summed E-state index contributed by atoms with van der Waals surface area (Å²) in [5, 5.41) is 3.33. The topological polar surface area (TPSA) is 41.6 Å². The van der Waals surface area contributed by atoms with Crippen LogP contribution in [0.15, 0.2) is 24.3 Å². The largest absolute Gasteiger partial charge is 0.483 e. The second-order valence-electron chi connectivity index (χ2n) is 4.36. The Morgan fingerprint density at radius 2 is 2.06 bits per heavy atom. The lowest BCUT2D eigenvalue weighted by Crippen LogP contribution is -2.27. The Kier molecular flexibility index (Phi) is 6.22. The van der Waals surface area contributed by atoms with Gasteiger partial charge in [0.2, 0.25) is 0 Å². The molecule has 0 atom stereocenters. The lowest BCUT2D eigenvalue weighted by molar-refractivity contribution is -0.130.